The predicted octanol–water partition coefficient (Wildman–Crippen LogP) is 1.03. The second-order valence-electron chi connectivity index (χ2n) is 3.94. The Bertz CT molecular complexity index is 548. The second kappa shape index (κ2) is 4.55. The van der Waals surface area contributed by atoms with Crippen molar-refractivity contribution in [1.29, 1.82) is 0 Å². The molecule has 1 amide bonds. The maximum Gasteiger partial charge on any atom is 0.253 e. The Labute approximate surface area is 99.1 Å². The lowest BCUT2D eigenvalue weighted by Gasteiger charge is -2.10. The molecule has 90 valence electrons. The van der Waals surface area contributed by atoms with Gasteiger partial charge in [-0.1, -0.05) is 6.92 Å². The Morgan fingerprint density at radius 3 is 3.06 bits per heavy atom. The van der Waals surface area contributed by atoms with E-state index >= 15 is 0 Å². The molecule has 0 spiro atoms. The number of benzene rings is 1. The third-order valence-corrected chi connectivity index (χ3v) is 2.69. The summed E-state index contributed by atoms with van der Waals surface area (Å²) < 4.78 is 1.75. The van der Waals surface area contributed by atoms with Gasteiger partial charge in [-0.05, 0) is 24.6 Å². The van der Waals surface area contributed by atoms with Crippen molar-refractivity contribution in [2.24, 2.45) is 7.05 Å². The zero-order valence-electron chi connectivity index (χ0n) is 9.84. The molecule has 5 nitrogen and oxygen atoms in total. The molecule has 0 bridgehead atoms. The minimum atomic E-state index is -0.799. The summed E-state index contributed by atoms with van der Waals surface area (Å²) in [7, 11) is 1.85. The number of nitrogens with zero attached hydrogens (tertiary/aromatic N) is 2. The average Bonchev–Trinajstić information content (AvgIpc) is 2.70. The highest BCUT2D eigenvalue weighted by atomic mass is 16.3. The fraction of sp³-hybridized carbons (Fsp3) is 0.333. The summed E-state index contributed by atoms with van der Waals surface area (Å²) in [6, 6.07) is 5.33. The van der Waals surface area contributed by atoms with Crippen molar-refractivity contribution in [3.63, 3.8) is 0 Å². The summed E-state index contributed by atoms with van der Waals surface area (Å²) in [5.74, 6) is -0.273. The zero-order valence-corrected chi connectivity index (χ0v) is 9.84. The van der Waals surface area contributed by atoms with Crippen molar-refractivity contribution in [2.75, 3.05) is 0 Å². The second-order valence-corrected chi connectivity index (χ2v) is 3.94. The number of aliphatic hydroxyl groups excluding tert-OH is 1. The van der Waals surface area contributed by atoms with Crippen LogP contribution in [0.4, 0.5) is 0 Å². The lowest BCUT2D eigenvalue weighted by atomic mass is 10.1. The summed E-state index contributed by atoms with van der Waals surface area (Å²) in [5, 5.41) is 16.9. The van der Waals surface area contributed by atoms with Crippen LogP contribution in [0.5, 0.6) is 0 Å². The van der Waals surface area contributed by atoms with Crippen LogP contribution >= 0.6 is 0 Å². The Kier molecular flexibility index (Phi) is 3.10. The third kappa shape index (κ3) is 2.29. The van der Waals surface area contributed by atoms with Crippen LogP contribution in [0.2, 0.25) is 0 Å². The van der Waals surface area contributed by atoms with E-state index in [9.17, 15) is 9.90 Å². The maximum atomic E-state index is 11.8. The van der Waals surface area contributed by atoms with Crippen LogP contribution in [0.3, 0.4) is 0 Å². The number of carbonyl (C=O) groups excluding carboxylic acids is 1. The molecule has 2 aromatic rings. The summed E-state index contributed by atoms with van der Waals surface area (Å²) in [6.45, 7) is 1.80. The van der Waals surface area contributed by atoms with E-state index in [4.69, 9.17) is 0 Å². The van der Waals surface area contributed by atoms with Crippen molar-refractivity contribution in [1.82, 2.24) is 15.1 Å². The van der Waals surface area contributed by atoms with Gasteiger partial charge in [0, 0.05) is 18.0 Å². The number of aromatic nitrogens is 2. The number of rotatable bonds is 3. The lowest BCUT2D eigenvalue weighted by molar-refractivity contribution is 0.0776. The summed E-state index contributed by atoms with van der Waals surface area (Å²) in [6.07, 6.45) is 1.40. The van der Waals surface area contributed by atoms with Crippen LogP contribution in [0.15, 0.2) is 24.4 Å². The van der Waals surface area contributed by atoms with Crippen LogP contribution < -0.4 is 5.32 Å². The van der Waals surface area contributed by atoms with E-state index in [1.807, 2.05) is 13.1 Å². The molecule has 2 N–H and O–H groups in total. The first-order valence-corrected chi connectivity index (χ1v) is 5.52. The van der Waals surface area contributed by atoms with Gasteiger partial charge in [0.15, 0.2) is 0 Å². The largest absolute Gasteiger partial charge is 0.374 e. The first kappa shape index (κ1) is 11.6. The number of fused-ring (bicyclic) bond motifs is 1. The topological polar surface area (TPSA) is 67.2 Å². The molecule has 0 aliphatic rings. The van der Waals surface area contributed by atoms with Crippen LogP contribution in [0.25, 0.3) is 10.9 Å². The molecule has 17 heavy (non-hydrogen) atoms. The van der Waals surface area contributed by atoms with Crippen LogP contribution in [-0.4, -0.2) is 27.0 Å². The number of hydrogen-bond acceptors (Lipinski definition) is 3. The highest BCUT2D eigenvalue weighted by molar-refractivity contribution is 5.98. The molecular formula is C12H15N3O2. The fourth-order valence-corrected chi connectivity index (χ4v) is 1.64. The van der Waals surface area contributed by atoms with Crippen molar-refractivity contribution in [2.45, 2.75) is 19.6 Å². The third-order valence-electron chi connectivity index (χ3n) is 2.69. The van der Waals surface area contributed by atoms with Gasteiger partial charge in [-0.3, -0.25) is 9.48 Å². The zero-order chi connectivity index (χ0) is 12.4. The van der Waals surface area contributed by atoms with E-state index in [1.165, 1.54) is 0 Å². The summed E-state index contributed by atoms with van der Waals surface area (Å²) in [5.41, 5.74) is 1.50. The highest BCUT2D eigenvalue weighted by Gasteiger charge is 2.10. The standard InChI is InChI=1S/C12H15N3O2/c1-3-11(16)14-12(17)8-4-5-10-9(6-8)7-13-15(10)2/h4-7,11,16H,3H2,1-2H3,(H,14,17). The normalized spacial score (nSPS) is 12.6. The highest BCUT2D eigenvalue weighted by Crippen LogP contribution is 2.14. The van der Waals surface area contributed by atoms with Gasteiger partial charge in [0.25, 0.3) is 5.91 Å². The monoisotopic (exact) mass is 233 g/mol. The van der Waals surface area contributed by atoms with Gasteiger partial charge in [-0.25, -0.2) is 0 Å². The van der Waals surface area contributed by atoms with E-state index in [0.29, 0.717) is 12.0 Å². The maximum absolute atomic E-state index is 11.8. The molecule has 0 saturated heterocycles. The Hall–Kier alpha value is -1.88. The molecule has 0 aliphatic heterocycles. The van der Waals surface area contributed by atoms with Crippen molar-refractivity contribution in [3.05, 3.63) is 30.0 Å². The average molecular weight is 233 g/mol. The summed E-state index contributed by atoms with van der Waals surface area (Å²) >= 11 is 0. The molecular weight excluding hydrogens is 218 g/mol. The molecule has 1 aromatic heterocycles. The van der Waals surface area contributed by atoms with Gasteiger partial charge < -0.3 is 10.4 Å². The molecule has 0 saturated carbocycles. The first-order chi connectivity index (χ1) is 8.11. The molecule has 0 aliphatic carbocycles. The molecule has 1 atom stereocenters. The number of aliphatic hydroxyl groups is 1. The number of aryl methyl sites for hydroxylation is 1. The Balaban J connectivity index is 2.27. The molecule has 1 aromatic carbocycles. The van der Waals surface area contributed by atoms with Gasteiger partial charge in [0.2, 0.25) is 0 Å². The molecule has 0 radical (unpaired) electrons. The fourth-order valence-electron chi connectivity index (χ4n) is 1.64. The first-order valence-electron chi connectivity index (χ1n) is 5.52. The van der Waals surface area contributed by atoms with Gasteiger partial charge >= 0.3 is 0 Å². The van der Waals surface area contributed by atoms with Crippen molar-refractivity contribution < 1.29 is 9.90 Å². The van der Waals surface area contributed by atoms with E-state index < -0.39 is 6.23 Å². The number of carbonyl (C=O) groups is 1. The Morgan fingerprint density at radius 1 is 1.59 bits per heavy atom. The molecule has 1 heterocycles. The van der Waals surface area contributed by atoms with Crippen molar-refractivity contribution >= 4 is 16.8 Å². The van der Waals surface area contributed by atoms with Crippen LogP contribution in [-0.2, 0) is 7.05 Å². The SMILES string of the molecule is CCC(O)NC(=O)c1ccc2c(cnn2C)c1. The van der Waals surface area contributed by atoms with Crippen LogP contribution in [0, 0.1) is 0 Å². The summed E-state index contributed by atoms with van der Waals surface area (Å²) in [4.78, 5) is 11.8. The quantitative estimate of drug-likeness (QED) is 0.778. The van der Waals surface area contributed by atoms with Gasteiger partial charge in [-0.2, -0.15) is 5.10 Å². The van der Waals surface area contributed by atoms with E-state index in [2.05, 4.69) is 10.4 Å². The van der Waals surface area contributed by atoms with Gasteiger partial charge in [-0.15, -0.1) is 0 Å². The predicted molar refractivity (Wildman–Crippen MR) is 64.5 cm³/mol. The molecule has 5 heteroatoms. The minimum Gasteiger partial charge on any atom is -0.374 e. The Morgan fingerprint density at radius 2 is 2.35 bits per heavy atom. The van der Waals surface area contributed by atoms with E-state index in [-0.39, 0.29) is 5.91 Å². The van der Waals surface area contributed by atoms with E-state index in [0.717, 1.165) is 10.9 Å². The number of amides is 1. The smallest absolute Gasteiger partial charge is 0.253 e. The van der Waals surface area contributed by atoms with Crippen LogP contribution in [0.1, 0.15) is 23.7 Å². The van der Waals surface area contributed by atoms with E-state index in [1.54, 1.807) is 29.9 Å². The van der Waals surface area contributed by atoms with Gasteiger partial charge in [0.05, 0.1) is 11.7 Å². The molecule has 0 fully saturated rings. The molecule has 1 unspecified atom stereocenters. The minimum absolute atomic E-state index is 0.273. The van der Waals surface area contributed by atoms with Gasteiger partial charge in [0.1, 0.15) is 6.23 Å². The van der Waals surface area contributed by atoms with Crippen molar-refractivity contribution in [3.8, 4) is 0 Å². The molecule has 2 rings (SSSR count). The lowest BCUT2D eigenvalue weighted by Crippen LogP contribution is -2.33. The number of nitrogens with one attached hydrogen (secondary N) is 1. The number of hydrogen-bond donors (Lipinski definition) is 2.